The highest BCUT2D eigenvalue weighted by molar-refractivity contribution is 5.03. The van der Waals surface area contributed by atoms with Gasteiger partial charge in [0.25, 0.3) is 0 Å². The first kappa shape index (κ1) is 8.12. The van der Waals surface area contributed by atoms with E-state index >= 15 is 0 Å². The molecule has 0 aromatic rings. The van der Waals surface area contributed by atoms with E-state index in [0.29, 0.717) is 0 Å². The van der Waals surface area contributed by atoms with Crippen LogP contribution in [0, 0.1) is 11.8 Å². The lowest BCUT2D eigenvalue weighted by atomic mass is 9.72. The third-order valence-corrected chi connectivity index (χ3v) is 5.23. The molecule has 4 heterocycles. The van der Waals surface area contributed by atoms with Crippen LogP contribution < -0.4 is 0 Å². The van der Waals surface area contributed by atoms with Crippen LogP contribution in [0.4, 0.5) is 0 Å². The summed E-state index contributed by atoms with van der Waals surface area (Å²) in [5.41, 5.74) is 0. The Morgan fingerprint density at radius 3 is 2.21 bits per heavy atom. The lowest BCUT2D eigenvalue weighted by Crippen LogP contribution is -2.65. The number of hydrogen-bond acceptors (Lipinski definition) is 2. The summed E-state index contributed by atoms with van der Waals surface area (Å²) in [5, 5.41) is 0. The summed E-state index contributed by atoms with van der Waals surface area (Å²) in [5.74, 6) is 2.07. The van der Waals surface area contributed by atoms with Gasteiger partial charge in [-0.2, -0.15) is 0 Å². The molecule has 0 spiro atoms. The van der Waals surface area contributed by atoms with Gasteiger partial charge in [-0.25, -0.2) is 0 Å². The molecule has 2 nitrogen and oxygen atoms in total. The van der Waals surface area contributed by atoms with Crippen LogP contribution in [-0.4, -0.2) is 48.1 Å². The zero-order chi connectivity index (χ0) is 9.12. The van der Waals surface area contributed by atoms with Crippen molar-refractivity contribution in [2.45, 2.75) is 37.8 Å². The zero-order valence-electron chi connectivity index (χ0n) is 8.86. The molecule has 2 bridgehead atoms. The van der Waals surface area contributed by atoms with E-state index in [0.717, 1.165) is 23.9 Å². The maximum atomic E-state index is 2.81. The first-order valence-corrected chi connectivity index (χ1v) is 6.40. The minimum absolute atomic E-state index is 0.979. The van der Waals surface area contributed by atoms with E-state index in [2.05, 4.69) is 9.80 Å². The van der Waals surface area contributed by atoms with Gasteiger partial charge in [0.15, 0.2) is 0 Å². The molecule has 0 saturated carbocycles. The molecule has 4 aliphatic heterocycles. The Labute approximate surface area is 86.2 Å². The van der Waals surface area contributed by atoms with Crippen molar-refractivity contribution >= 4 is 0 Å². The van der Waals surface area contributed by atoms with Crippen LogP contribution in [0.2, 0.25) is 0 Å². The Balaban J connectivity index is 1.62. The van der Waals surface area contributed by atoms with Crippen LogP contribution in [0.3, 0.4) is 0 Å². The molecular weight excluding hydrogens is 172 g/mol. The molecule has 3 unspecified atom stereocenters. The average Bonchev–Trinajstić information content (AvgIpc) is 2.58. The molecule has 14 heavy (non-hydrogen) atoms. The molecule has 0 N–H and O–H groups in total. The number of hydrogen-bond donors (Lipinski definition) is 0. The highest BCUT2D eigenvalue weighted by atomic mass is 15.3. The fraction of sp³-hybridized carbons (Fsp3) is 1.00. The second-order valence-electron chi connectivity index (χ2n) is 5.81. The minimum Gasteiger partial charge on any atom is -0.300 e. The predicted molar refractivity (Wildman–Crippen MR) is 56.2 cm³/mol. The SMILES string of the molecule is C1CC2C3C[C@H](CN2C1)C1CCN1C3. The topological polar surface area (TPSA) is 6.48 Å². The average molecular weight is 192 g/mol. The molecule has 4 atom stereocenters. The molecule has 2 heteroatoms. The Hall–Kier alpha value is -0.0800. The highest BCUT2D eigenvalue weighted by Crippen LogP contribution is 2.44. The van der Waals surface area contributed by atoms with E-state index in [9.17, 15) is 0 Å². The third-order valence-electron chi connectivity index (χ3n) is 5.23. The van der Waals surface area contributed by atoms with Gasteiger partial charge in [0.1, 0.15) is 0 Å². The van der Waals surface area contributed by atoms with Gasteiger partial charge in [-0.15, -0.1) is 0 Å². The van der Waals surface area contributed by atoms with E-state index in [1.807, 2.05) is 0 Å². The molecule has 0 radical (unpaired) electrons. The van der Waals surface area contributed by atoms with Gasteiger partial charge in [0.2, 0.25) is 0 Å². The Morgan fingerprint density at radius 2 is 1.50 bits per heavy atom. The first-order chi connectivity index (χ1) is 6.92. The van der Waals surface area contributed by atoms with Gasteiger partial charge in [-0.3, -0.25) is 9.80 Å². The van der Waals surface area contributed by atoms with Crippen molar-refractivity contribution in [3.63, 3.8) is 0 Å². The molecule has 4 aliphatic rings. The van der Waals surface area contributed by atoms with Gasteiger partial charge >= 0.3 is 0 Å². The van der Waals surface area contributed by atoms with Crippen molar-refractivity contribution in [1.82, 2.24) is 9.80 Å². The predicted octanol–water partition coefficient (Wildman–Crippen LogP) is 1.17. The van der Waals surface area contributed by atoms with Gasteiger partial charge in [-0.1, -0.05) is 0 Å². The zero-order valence-corrected chi connectivity index (χ0v) is 8.86. The summed E-state index contributed by atoms with van der Waals surface area (Å²) in [6.07, 6.45) is 6.02. The second-order valence-corrected chi connectivity index (χ2v) is 5.81. The summed E-state index contributed by atoms with van der Waals surface area (Å²) < 4.78 is 0. The van der Waals surface area contributed by atoms with Crippen LogP contribution in [0.15, 0.2) is 0 Å². The van der Waals surface area contributed by atoms with E-state index in [-0.39, 0.29) is 0 Å². The summed E-state index contributed by atoms with van der Waals surface area (Å²) in [6.45, 7) is 5.68. The standard InChI is InChI=1S/C12H20N2/c1-2-11-9-6-10(7-13(11)4-1)12-3-5-14(12)8-9/h9-12H,1-8H2/t9?,10-,11?,12?/m1/s1. The molecule has 0 aliphatic carbocycles. The van der Waals surface area contributed by atoms with Gasteiger partial charge < -0.3 is 0 Å². The van der Waals surface area contributed by atoms with E-state index in [4.69, 9.17) is 0 Å². The van der Waals surface area contributed by atoms with Crippen molar-refractivity contribution in [1.29, 1.82) is 0 Å². The van der Waals surface area contributed by atoms with Crippen molar-refractivity contribution in [2.75, 3.05) is 26.2 Å². The largest absolute Gasteiger partial charge is 0.300 e. The molecule has 0 aromatic carbocycles. The highest BCUT2D eigenvalue weighted by Gasteiger charge is 2.49. The lowest BCUT2D eigenvalue weighted by molar-refractivity contribution is -0.0796. The number of piperidine rings is 2. The maximum absolute atomic E-state index is 2.81. The molecule has 4 rings (SSSR count). The quantitative estimate of drug-likeness (QED) is 0.568. The van der Waals surface area contributed by atoms with Gasteiger partial charge in [0, 0.05) is 25.2 Å². The summed E-state index contributed by atoms with van der Waals surface area (Å²) in [4.78, 5) is 5.59. The number of nitrogens with zero attached hydrogens (tertiary/aromatic N) is 2. The van der Waals surface area contributed by atoms with Crippen LogP contribution in [0.25, 0.3) is 0 Å². The maximum Gasteiger partial charge on any atom is 0.0148 e. The molecule has 4 saturated heterocycles. The first-order valence-electron chi connectivity index (χ1n) is 6.40. The van der Waals surface area contributed by atoms with E-state index < -0.39 is 0 Å². The minimum atomic E-state index is 0.979. The molecule has 0 aromatic heterocycles. The Bertz CT molecular complexity index is 251. The van der Waals surface area contributed by atoms with Gasteiger partial charge in [0.05, 0.1) is 0 Å². The van der Waals surface area contributed by atoms with Crippen LogP contribution in [0.5, 0.6) is 0 Å². The fourth-order valence-electron chi connectivity index (χ4n) is 4.53. The summed E-state index contributed by atoms with van der Waals surface area (Å²) >= 11 is 0. The van der Waals surface area contributed by atoms with Crippen molar-refractivity contribution in [3.05, 3.63) is 0 Å². The summed E-state index contributed by atoms with van der Waals surface area (Å²) in [6, 6.07) is 1.97. The van der Waals surface area contributed by atoms with Crippen molar-refractivity contribution < 1.29 is 0 Å². The molecule has 78 valence electrons. The molecule has 0 amide bonds. The van der Waals surface area contributed by atoms with Crippen LogP contribution in [0.1, 0.15) is 25.7 Å². The normalized spacial score (nSPS) is 52.3. The van der Waals surface area contributed by atoms with Gasteiger partial charge in [-0.05, 0) is 50.6 Å². The summed E-state index contributed by atoms with van der Waals surface area (Å²) in [7, 11) is 0. The van der Waals surface area contributed by atoms with E-state index in [1.54, 1.807) is 6.42 Å². The van der Waals surface area contributed by atoms with Crippen LogP contribution in [-0.2, 0) is 0 Å². The van der Waals surface area contributed by atoms with Crippen LogP contribution >= 0.6 is 0 Å². The van der Waals surface area contributed by atoms with Crippen molar-refractivity contribution in [2.24, 2.45) is 11.8 Å². The number of fused-ring (bicyclic) bond motifs is 6. The Kier molecular flexibility index (Phi) is 1.58. The molecular formula is C12H20N2. The molecule has 4 fully saturated rings. The third kappa shape index (κ3) is 0.938. The number of rotatable bonds is 0. The van der Waals surface area contributed by atoms with Crippen molar-refractivity contribution in [3.8, 4) is 0 Å². The lowest BCUT2D eigenvalue weighted by Gasteiger charge is -2.57. The second kappa shape index (κ2) is 2.73. The monoisotopic (exact) mass is 192 g/mol. The Morgan fingerprint density at radius 1 is 0.786 bits per heavy atom. The van der Waals surface area contributed by atoms with E-state index in [1.165, 1.54) is 45.4 Å². The smallest absolute Gasteiger partial charge is 0.0148 e. The fourth-order valence-corrected chi connectivity index (χ4v) is 4.53.